The Hall–Kier alpha value is -2.53. The number of benzene rings is 2. The lowest BCUT2D eigenvalue weighted by Crippen LogP contribution is -2.11. The molecule has 2 aromatic carbocycles. The Balaban J connectivity index is 1.80. The molecule has 1 aliphatic heterocycles. The average Bonchev–Trinajstić information content (AvgIpc) is 3.08. The molecule has 0 radical (unpaired) electrons. The van der Waals surface area contributed by atoms with Crippen molar-refractivity contribution in [2.24, 2.45) is 5.92 Å². The van der Waals surface area contributed by atoms with Gasteiger partial charge < -0.3 is 20.3 Å². The summed E-state index contributed by atoms with van der Waals surface area (Å²) in [6.45, 7) is 2.66. The standard InChI is InChI=1S/C19H21NO4/c21-12-18-17(14-1-3-15(22)4-2-14)9-16(10-19(18)23)24-8-6-13-5-7-20-11-13/h1-4,9-10,12-13,20,22-23H,5-8,11H2. The van der Waals surface area contributed by atoms with E-state index in [1.54, 1.807) is 30.3 Å². The van der Waals surface area contributed by atoms with Gasteiger partial charge in [0.1, 0.15) is 17.2 Å². The molecule has 5 nitrogen and oxygen atoms in total. The Morgan fingerprint density at radius 2 is 2.00 bits per heavy atom. The number of hydrogen-bond donors (Lipinski definition) is 3. The normalized spacial score (nSPS) is 16.9. The summed E-state index contributed by atoms with van der Waals surface area (Å²) in [6, 6.07) is 9.71. The Morgan fingerprint density at radius 1 is 1.21 bits per heavy atom. The second-order valence-corrected chi connectivity index (χ2v) is 6.06. The van der Waals surface area contributed by atoms with Crippen molar-refractivity contribution in [2.75, 3.05) is 19.7 Å². The van der Waals surface area contributed by atoms with Crippen molar-refractivity contribution in [3.63, 3.8) is 0 Å². The van der Waals surface area contributed by atoms with Crippen molar-refractivity contribution in [1.82, 2.24) is 5.32 Å². The lowest BCUT2D eigenvalue weighted by Gasteiger charge is -2.13. The van der Waals surface area contributed by atoms with Crippen LogP contribution in [-0.4, -0.2) is 36.2 Å². The molecule has 0 amide bonds. The highest BCUT2D eigenvalue weighted by Crippen LogP contribution is 2.34. The van der Waals surface area contributed by atoms with E-state index in [1.807, 2.05) is 0 Å². The number of aromatic hydroxyl groups is 2. The van der Waals surface area contributed by atoms with E-state index < -0.39 is 0 Å². The molecule has 24 heavy (non-hydrogen) atoms. The molecule has 0 bridgehead atoms. The maximum atomic E-state index is 11.3. The topological polar surface area (TPSA) is 78.8 Å². The molecule has 0 aromatic heterocycles. The van der Waals surface area contributed by atoms with Gasteiger partial charge >= 0.3 is 0 Å². The fourth-order valence-corrected chi connectivity index (χ4v) is 3.00. The molecule has 5 heteroatoms. The van der Waals surface area contributed by atoms with Gasteiger partial charge in [0.2, 0.25) is 0 Å². The van der Waals surface area contributed by atoms with Gasteiger partial charge in [0.25, 0.3) is 0 Å². The first-order valence-electron chi connectivity index (χ1n) is 8.12. The van der Waals surface area contributed by atoms with E-state index in [9.17, 15) is 15.0 Å². The third kappa shape index (κ3) is 3.68. The highest BCUT2D eigenvalue weighted by Gasteiger charge is 2.15. The lowest BCUT2D eigenvalue weighted by molar-refractivity contribution is 0.112. The molecular formula is C19H21NO4. The number of aldehydes is 1. The third-order valence-electron chi connectivity index (χ3n) is 4.39. The molecule has 126 valence electrons. The molecule has 0 spiro atoms. The van der Waals surface area contributed by atoms with Crippen LogP contribution in [0, 0.1) is 5.92 Å². The minimum absolute atomic E-state index is 0.104. The van der Waals surface area contributed by atoms with Gasteiger partial charge in [-0.15, -0.1) is 0 Å². The van der Waals surface area contributed by atoms with Gasteiger partial charge in [-0.05, 0) is 61.2 Å². The molecule has 1 fully saturated rings. The van der Waals surface area contributed by atoms with E-state index in [2.05, 4.69) is 5.32 Å². The van der Waals surface area contributed by atoms with E-state index in [1.165, 1.54) is 6.07 Å². The smallest absolute Gasteiger partial charge is 0.154 e. The van der Waals surface area contributed by atoms with E-state index in [0.29, 0.717) is 30.1 Å². The van der Waals surface area contributed by atoms with Crippen LogP contribution in [0.2, 0.25) is 0 Å². The molecule has 3 N–H and O–H groups in total. The molecule has 1 unspecified atom stereocenters. The number of nitrogens with one attached hydrogen (secondary N) is 1. The predicted molar refractivity (Wildman–Crippen MR) is 91.7 cm³/mol. The maximum absolute atomic E-state index is 11.3. The largest absolute Gasteiger partial charge is 0.508 e. The van der Waals surface area contributed by atoms with Crippen LogP contribution in [-0.2, 0) is 0 Å². The molecule has 1 saturated heterocycles. The fourth-order valence-electron chi connectivity index (χ4n) is 3.00. The van der Waals surface area contributed by atoms with Crippen LogP contribution in [0.4, 0.5) is 0 Å². The van der Waals surface area contributed by atoms with Gasteiger partial charge in [-0.25, -0.2) is 0 Å². The third-order valence-corrected chi connectivity index (χ3v) is 4.39. The van der Waals surface area contributed by atoms with Gasteiger partial charge in [0, 0.05) is 6.07 Å². The summed E-state index contributed by atoms with van der Waals surface area (Å²) in [7, 11) is 0. The minimum Gasteiger partial charge on any atom is -0.508 e. The number of carbonyl (C=O) groups excluding carboxylic acids is 1. The first-order chi connectivity index (χ1) is 11.7. The summed E-state index contributed by atoms with van der Waals surface area (Å²) < 4.78 is 5.78. The van der Waals surface area contributed by atoms with E-state index in [-0.39, 0.29) is 17.1 Å². The van der Waals surface area contributed by atoms with Crippen molar-refractivity contribution in [2.45, 2.75) is 12.8 Å². The zero-order valence-electron chi connectivity index (χ0n) is 13.4. The second-order valence-electron chi connectivity index (χ2n) is 6.06. The minimum atomic E-state index is -0.104. The molecule has 0 aliphatic carbocycles. The highest BCUT2D eigenvalue weighted by atomic mass is 16.5. The number of rotatable bonds is 6. The summed E-state index contributed by atoms with van der Waals surface area (Å²) in [6.07, 6.45) is 2.75. The Labute approximate surface area is 140 Å². The van der Waals surface area contributed by atoms with Gasteiger partial charge in [-0.1, -0.05) is 12.1 Å². The van der Waals surface area contributed by atoms with Gasteiger partial charge in [-0.2, -0.15) is 0 Å². The van der Waals surface area contributed by atoms with Gasteiger partial charge in [0.05, 0.1) is 12.2 Å². The summed E-state index contributed by atoms with van der Waals surface area (Å²) in [5.41, 5.74) is 1.53. The molecule has 1 atom stereocenters. The quantitative estimate of drug-likeness (QED) is 0.711. The second kappa shape index (κ2) is 7.36. The summed E-state index contributed by atoms with van der Waals surface area (Å²) in [4.78, 5) is 11.3. The first kappa shape index (κ1) is 16.3. The maximum Gasteiger partial charge on any atom is 0.154 e. The van der Waals surface area contributed by atoms with Crippen LogP contribution in [0.15, 0.2) is 36.4 Å². The van der Waals surface area contributed by atoms with Crippen LogP contribution in [0.5, 0.6) is 17.2 Å². The van der Waals surface area contributed by atoms with Crippen LogP contribution < -0.4 is 10.1 Å². The SMILES string of the molecule is O=Cc1c(O)cc(OCCC2CCNC2)cc1-c1ccc(O)cc1. The molecule has 1 heterocycles. The molecule has 1 aliphatic rings. The van der Waals surface area contributed by atoms with Crippen LogP contribution in [0.3, 0.4) is 0 Å². The predicted octanol–water partition coefficient (Wildman–Crippen LogP) is 2.96. The average molecular weight is 327 g/mol. The lowest BCUT2D eigenvalue weighted by atomic mass is 9.99. The molecule has 3 rings (SSSR count). The first-order valence-corrected chi connectivity index (χ1v) is 8.12. The molecule has 2 aromatic rings. The van der Waals surface area contributed by atoms with Crippen LogP contribution in [0.1, 0.15) is 23.2 Å². The summed E-state index contributed by atoms with van der Waals surface area (Å²) in [5.74, 6) is 1.21. The zero-order chi connectivity index (χ0) is 16.9. The Kier molecular flexibility index (Phi) is 5.01. The molecular weight excluding hydrogens is 306 g/mol. The van der Waals surface area contributed by atoms with Crippen molar-refractivity contribution in [1.29, 1.82) is 0 Å². The highest BCUT2D eigenvalue weighted by molar-refractivity contribution is 5.91. The number of hydrogen-bond acceptors (Lipinski definition) is 5. The van der Waals surface area contributed by atoms with Crippen LogP contribution in [0.25, 0.3) is 11.1 Å². The summed E-state index contributed by atoms with van der Waals surface area (Å²) in [5, 5.41) is 22.9. The number of carbonyl (C=O) groups is 1. The number of phenolic OH excluding ortho intramolecular Hbond substituents is 2. The zero-order valence-corrected chi connectivity index (χ0v) is 13.4. The van der Waals surface area contributed by atoms with Crippen molar-refractivity contribution < 1.29 is 19.7 Å². The Morgan fingerprint density at radius 3 is 2.67 bits per heavy atom. The van der Waals surface area contributed by atoms with Gasteiger partial charge in [0.15, 0.2) is 6.29 Å². The number of phenols is 2. The van der Waals surface area contributed by atoms with Crippen LogP contribution >= 0.6 is 0 Å². The van der Waals surface area contributed by atoms with Gasteiger partial charge in [-0.3, -0.25) is 4.79 Å². The molecule has 0 saturated carbocycles. The van der Waals surface area contributed by atoms with E-state index in [4.69, 9.17) is 4.74 Å². The van der Waals surface area contributed by atoms with Crippen molar-refractivity contribution >= 4 is 6.29 Å². The van der Waals surface area contributed by atoms with E-state index in [0.717, 1.165) is 31.5 Å². The summed E-state index contributed by atoms with van der Waals surface area (Å²) >= 11 is 0. The fraction of sp³-hybridized carbons (Fsp3) is 0.316. The van der Waals surface area contributed by atoms with E-state index >= 15 is 0 Å². The van der Waals surface area contributed by atoms with Crippen molar-refractivity contribution in [3.8, 4) is 28.4 Å². The number of ether oxygens (including phenoxy) is 1. The Bertz CT molecular complexity index is 706. The van der Waals surface area contributed by atoms with Crippen molar-refractivity contribution in [3.05, 3.63) is 42.0 Å². The monoisotopic (exact) mass is 327 g/mol.